The first-order valence-corrected chi connectivity index (χ1v) is 4.25. The van der Waals surface area contributed by atoms with E-state index >= 15 is 0 Å². The van der Waals surface area contributed by atoms with Crippen molar-refractivity contribution in [3.8, 4) is 0 Å². The number of benzene rings is 1. The van der Waals surface area contributed by atoms with E-state index in [0.717, 1.165) is 24.2 Å². The third kappa shape index (κ3) is 1.12. The highest BCUT2D eigenvalue weighted by atomic mass is 19.1. The Balaban J connectivity index is 2.39. The normalized spacial score (nSPS) is 17.5. The van der Waals surface area contributed by atoms with Crippen molar-refractivity contribution in [2.45, 2.75) is 12.8 Å². The van der Waals surface area contributed by atoms with Gasteiger partial charge in [0.2, 0.25) is 0 Å². The largest absolute Gasteiger partial charge is 0.315 e. The Kier molecular flexibility index (Phi) is 1.85. The van der Waals surface area contributed by atoms with Gasteiger partial charge in [-0.1, -0.05) is 12.1 Å². The fourth-order valence-electron chi connectivity index (χ4n) is 1.65. The van der Waals surface area contributed by atoms with Gasteiger partial charge in [-0.15, -0.1) is 0 Å². The summed E-state index contributed by atoms with van der Waals surface area (Å²) in [5.74, 6) is 0.340. The molecule has 2 heteroatoms. The van der Waals surface area contributed by atoms with Crippen LogP contribution < -0.4 is 5.32 Å². The van der Waals surface area contributed by atoms with Gasteiger partial charge in [0.25, 0.3) is 0 Å². The van der Waals surface area contributed by atoms with E-state index in [2.05, 4.69) is 5.32 Å². The van der Waals surface area contributed by atoms with Gasteiger partial charge >= 0.3 is 0 Å². The molecule has 12 heavy (non-hydrogen) atoms. The van der Waals surface area contributed by atoms with Crippen LogP contribution in [-0.2, 0) is 0 Å². The van der Waals surface area contributed by atoms with Crippen LogP contribution in [0.15, 0.2) is 18.2 Å². The maximum absolute atomic E-state index is 13.3. The van der Waals surface area contributed by atoms with Gasteiger partial charge in [-0.3, -0.25) is 0 Å². The van der Waals surface area contributed by atoms with E-state index in [1.807, 2.05) is 13.0 Å². The zero-order chi connectivity index (χ0) is 8.55. The van der Waals surface area contributed by atoms with Crippen molar-refractivity contribution in [2.75, 3.05) is 13.1 Å². The van der Waals surface area contributed by atoms with Crippen LogP contribution in [0.3, 0.4) is 0 Å². The summed E-state index contributed by atoms with van der Waals surface area (Å²) in [5, 5.41) is 3.15. The molecule has 0 spiro atoms. The van der Waals surface area contributed by atoms with Crippen LogP contribution in [0.5, 0.6) is 0 Å². The van der Waals surface area contributed by atoms with Crippen molar-refractivity contribution in [2.24, 2.45) is 0 Å². The van der Waals surface area contributed by atoms with Gasteiger partial charge < -0.3 is 5.32 Å². The lowest BCUT2D eigenvalue weighted by Crippen LogP contribution is -2.40. The third-order valence-corrected chi connectivity index (χ3v) is 2.46. The molecule has 0 unspecified atom stereocenters. The Hall–Kier alpha value is -0.890. The zero-order valence-electron chi connectivity index (χ0n) is 7.10. The monoisotopic (exact) mass is 165 g/mol. The molecule has 0 amide bonds. The van der Waals surface area contributed by atoms with Crippen LogP contribution in [0, 0.1) is 12.7 Å². The quantitative estimate of drug-likeness (QED) is 0.669. The first kappa shape index (κ1) is 7.74. The number of nitrogens with one attached hydrogen (secondary N) is 1. The van der Waals surface area contributed by atoms with Crippen LogP contribution in [0.2, 0.25) is 0 Å². The Labute approximate surface area is 71.6 Å². The van der Waals surface area contributed by atoms with Crippen molar-refractivity contribution >= 4 is 0 Å². The summed E-state index contributed by atoms with van der Waals surface area (Å²) in [4.78, 5) is 0. The number of hydrogen-bond donors (Lipinski definition) is 1. The number of aryl methyl sites for hydroxylation is 1. The van der Waals surface area contributed by atoms with Crippen molar-refractivity contribution in [3.05, 3.63) is 35.1 Å². The molecule has 1 aliphatic rings. The maximum Gasteiger partial charge on any atom is 0.127 e. The molecule has 1 aromatic carbocycles. The summed E-state index contributed by atoms with van der Waals surface area (Å²) in [6.45, 7) is 3.81. The molecular formula is C10H12FN. The van der Waals surface area contributed by atoms with Crippen molar-refractivity contribution in [3.63, 3.8) is 0 Å². The minimum atomic E-state index is -0.0542. The fraction of sp³-hybridized carbons (Fsp3) is 0.400. The molecule has 1 heterocycles. The summed E-state index contributed by atoms with van der Waals surface area (Å²) < 4.78 is 13.3. The molecule has 64 valence electrons. The Morgan fingerprint density at radius 2 is 2.17 bits per heavy atom. The SMILES string of the molecule is Cc1cccc(F)c1C1CNC1. The highest BCUT2D eigenvalue weighted by Gasteiger charge is 2.23. The highest BCUT2D eigenvalue weighted by Crippen LogP contribution is 2.25. The third-order valence-electron chi connectivity index (χ3n) is 2.46. The van der Waals surface area contributed by atoms with E-state index in [1.165, 1.54) is 0 Å². The van der Waals surface area contributed by atoms with Gasteiger partial charge in [-0.05, 0) is 24.1 Å². The van der Waals surface area contributed by atoms with Crippen LogP contribution in [0.25, 0.3) is 0 Å². The Bertz CT molecular complexity index is 272. The molecule has 1 N–H and O–H groups in total. The van der Waals surface area contributed by atoms with Crippen molar-refractivity contribution < 1.29 is 4.39 Å². The number of hydrogen-bond acceptors (Lipinski definition) is 1. The van der Waals surface area contributed by atoms with Crippen LogP contribution >= 0.6 is 0 Å². The molecule has 1 aliphatic heterocycles. The van der Waals surface area contributed by atoms with Gasteiger partial charge in [0.1, 0.15) is 5.82 Å². The molecule has 0 saturated carbocycles. The molecule has 0 aliphatic carbocycles. The van der Waals surface area contributed by atoms with Crippen LogP contribution in [-0.4, -0.2) is 13.1 Å². The number of rotatable bonds is 1. The standard InChI is InChI=1S/C10H12FN/c1-7-3-2-4-9(11)10(7)8-5-12-6-8/h2-4,8,12H,5-6H2,1H3. The average Bonchev–Trinajstić information content (AvgIpc) is 1.93. The molecule has 1 fully saturated rings. The number of halogens is 1. The second-order valence-electron chi connectivity index (χ2n) is 3.33. The highest BCUT2D eigenvalue weighted by molar-refractivity contribution is 5.32. The van der Waals surface area contributed by atoms with Gasteiger partial charge in [-0.2, -0.15) is 0 Å². The second-order valence-corrected chi connectivity index (χ2v) is 3.33. The molecule has 0 atom stereocenters. The Morgan fingerprint density at radius 1 is 1.42 bits per heavy atom. The van der Waals surface area contributed by atoms with E-state index in [-0.39, 0.29) is 5.82 Å². The molecule has 1 nitrogen and oxygen atoms in total. The molecule has 0 aromatic heterocycles. The summed E-state index contributed by atoms with van der Waals surface area (Å²) in [5.41, 5.74) is 1.97. The molecule has 2 rings (SSSR count). The topological polar surface area (TPSA) is 12.0 Å². The smallest absolute Gasteiger partial charge is 0.127 e. The lowest BCUT2D eigenvalue weighted by Gasteiger charge is -2.29. The minimum Gasteiger partial charge on any atom is -0.315 e. The van der Waals surface area contributed by atoms with E-state index in [0.29, 0.717) is 5.92 Å². The summed E-state index contributed by atoms with van der Waals surface area (Å²) >= 11 is 0. The lowest BCUT2D eigenvalue weighted by molar-refractivity contribution is 0.429. The first-order valence-electron chi connectivity index (χ1n) is 4.25. The molecule has 0 radical (unpaired) electrons. The fourth-order valence-corrected chi connectivity index (χ4v) is 1.65. The van der Waals surface area contributed by atoms with E-state index in [4.69, 9.17) is 0 Å². The molecule has 1 aromatic rings. The van der Waals surface area contributed by atoms with Gasteiger partial charge in [0, 0.05) is 19.0 Å². The van der Waals surface area contributed by atoms with Crippen molar-refractivity contribution in [1.29, 1.82) is 0 Å². The molecule has 0 bridgehead atoms. The predicted octanol–water partition coefficient (Wildman–Crippen LogP) is 1.82. The Morgan fingerprint density at radius 3 is 2.67 bits per heavy atom. The maximum atomic E-state index is 13.3. The summed E-state index contributed by atoms with van der Waals surface area (Å²) in [6, 6.07) is 5.28. The minimum absolute atomic E-state index is 0.0542. The second kappa shape index (κ2) is 2.87. The van der Waals surface area contributed by atoms with Crippen molar-refractivity contribution in [1.82, 2.24) is 5.32 Å². The van der Waals surface area contributed by atoms with Gasteiger partial charge in [0.05, 0.1) is 0 Å². The zero-order valence-corrected chi connectivity index (χ0v) is 7.10. The summed E-state index contributed by atoms with van der Waals surface area (Å²) in [6.07, 6.45) is 0. The lowest BCUT2D eigenvalue weighted by atomic mass is 9.90. The van der Waals surface area contributed by atoms with Crippen LogP contribution in [0.4, 0.5) is 4.39 Å². The van der Waals surface area contributed by atoms with E-state index < -0.39 is 0 Å². The van der Waals surface area contributed by atoms with E-state index in [9.17, 15) is 4.39 Å². The van der Waals surface area contributed by atoms with Crippen LogP contribution in [0.1, 0.15) is 17.0 Å². The van der Waals surface area contributed by atoms with Gasteiger partial charge in [0.15, 0.2) is 0 Å². The first-order chi connectivity index (χ1) is 5.79. The molecule has 1 saturated heterocycles. The average molecular weight is 165 g/mol. The van der Waals surface area contributed by atoms with E-state index in [1.54, 1.807) is 12.1 Å². The predicted molar refractivity (Wildman–Crippen MR) is 46.7 cm³/mol. The molecular weight excluding hydrogens is 153 g/mol. The van der Waals surface area contributed by atoms with Gasteiger partial charge in [-0.25, -0.2) is 4.39 Å². The summed E-state index contributed by atoms with van der Waals surface area (Å²) in [7, 11) is 0.